The number of H-pyrrole nitrogens is 1. The van der Waals surface area contributed by atoms with Gasteiger partial charge in [-0.1, -0.05) is 73.1 Å². The van der Waals surface area contributed by atoms with Gasteiger partial charge in [-0.2, -0.15) is 0 Å². The number of benzene rings is 1. The van der Waals surface area contributed by atoms with Crippen LogP contribution >= 0.6 is 0 Å². The molecule has 0 saturated carbocycles. The van der Waals surface area contributed by atoms with Gasteiger partial charge >= 0.3 is 5.97 Å². The lowest BCUT2D eigenvalue weighted by Crippen LogP contribution is -2.60. The van der Waals surface area contributed by atoms with E-state index < -0.39 is 77.9 Å². The average molecular weight is 974 g/mol. The molecular weight excluding hydrogens is 891 g/mol. The van der Waals surface area contributed by atoms with E-state index in [0.717, 1.165) is 22.9 Å². The summed E-state index contributed by atoms with van der Waals surface area (Å²) in [6.07, 6.45) is 2.67. The normalized spacial score (nSPS) is 17.7. The SMILES string of the molecule is CC[C@H](C)[C@@H]([C@@H](CC(=O)N1CCC[C@H]1[C@H](OC)[C@@H](C)C(=O)N[C@@H](Cc1c[nH]c2ccccc12)C(N)=O)OC)N(C)[C@H](C(=O)NC(=O)[C@H](C(C)C)N(C)CCOCCOCCOCCC(=O)O)C(C)C. The van der Waals surface area contributed by atoms with Crippen molar-refractivity contribution in [2.75, 3.05) is 81.0 Å². The third-order valence-corrected chi connectivity index (χ3v) is 13.4. The van der Waals surface area contributed by atoms with Gasteiger partial charge in [-0.15, -0.1) is 0 Å². The number of carbonyl (C=O) groups is 6. The number of carboxylic acids is 1. The first-order chi connectivity index (χ1) is 32.8. The van der Waals surface area contributed by atoms with Crippen molar-refractivity contribution < 1.29 is 57.6 Å². The Hall–Kier alpha value is -4.50. The molecule has 69 heavy (non-hydrogen) atoms. The minimum absolute atomic E-state index is 0.000517. The molecule has 5 amide bonds. The second-order valence-corrected chi connectivity index (χ2v) is 19.0. The van der Waals surface area contributed by atoms with Gasteiger partial charge in [0.1, 0.15) is 6.04 Å². The highest BCUT2D eigenvalue weighted by atomic mass is 16.5. The number of hydrogen-bond acceptors (Lipinski definition) is 13. The number of nitrogens with two attached hydrogens (primary N) is 1. The molecule has 6 N–H and O–H groups in total. The van der Waals surface area contributed by atoms with Gasteiger partial charge in [-0.05, 0) is 56.3 Å². The number of amides is 5. The smallest absolute Gasteiger partial charge is 0.305 e. The van der Waals surface area contributed by atoms with Crippen LogP contribution in [0.4, 0.5) is 0 Å². The number of fused-ring (bicyclic) bond motifs is 1. The van der Waals surface area contributed by atoms with Crippen molar-refractivity contribution in [1.82, 2.24) is 30.3 Å². The summed E-state index contributed by atoms with van der Waals surface area (Å²) in [6, 6.07) is 4.51. The molecule has 1 aromatic carbocycles. The molecular formula is C50H83N7O12. The van der Waals surface area contributed by atoms with E-state index in [-0.39, 0.29) is 56.1 Å². The summed E-state index contributed by atoms with van der Waals surface area (Å²) in [7, 11) is 6.75. The number of carbonyl (C=O) groups excluding carboxylic acids is 5. The van der Waals surface area contributed by atoms with E-state index in [9.17, 15) is 28.8 Å². The third kappa shape index (κ3) is 17.4. The van der Waals surface area contributed by atoms with Crippen molar-refractivity contribution in [2.45, 2.75) is 129 Å². The number of para-hydroxylation sites is 1. The molecule has 1 saturated heterocycles. The number of methoxy groups -OCH3 is 2. The molecule has 19 nitrogen and oxygen atoms in total. The van der Waals surface area contributed by atoms with Crippen LogP contribution in [0.2, 0.25) is 0 Å². The summed E-state index contributed by atoms with van der Waals surface area (Å²) in [5.74, 6) is -4.15. The van der Waals surface area contributed by atoms with E-state index in [4.69, 9.17) is 34.5 Å². The number of aliphatic carboxylic acids is 1. The Kier molecular flexibility index (Phi) is 25.3. The fourth-order valence-corrected chi connectivity index (χ4v) is 9.71. The highest BCUT2D eigenvalue weighted by molar-refractivity contribution is 6.00. The molecule has 390 valence electrons. The molecule has 2 heterocycles. The Morgan fingerprint density at radius 2 is 1.46 bits per heavy atom. The first-order valence-corrected chi connectivity index (χ1v) is 24.5. The minimum atomic E-state index is -0.968. The number of carboxylic acid groups (broad SMARTS) is 1. The fraction of sp³-hybridized carbons (Fsp3) is 0.720. The van der Waals surface area contributed by atoms with Crippen molar-refractivity contribution in [1.29, 1.82) is 0 Å². The molecule has 1 fully saturated rings. The number of likely N-dealkylation sites (tertiary alicyclic amines) is 1. The fourth-order valence-electron chi connectivity index (χ4n) is 9.71. The molecule has 1 aliphatic rings. The van der Waals surface area contributed by atoms with Crippen molar-refractivity contribution in [2.24, 2.45) is 29.4 Å². The van der Waals surface area contributed by atoms with Gasteiger partial charge in [0, 0.05) is 56.9 Å². The van der Waals surface area contributed by atoms with Gasteiger partial charge in [-0.25, -0.2) is 0 Å². The Labute approximate surface area is 409 Å². The lowest BCUT2D eigenvalue weighted by molar-refractivity contribution is -0.144. The highest BCUT2D eigenvalue weighted by Gasteiger charge is 2.44. The summed E-state index contributed by atoms with van der Waals surface area (Å²) < 4.78 is 28.5. The first kappa shape index (κ1) is 58.8. The van der Waals surface area contributed by atoms with Gasteiger partial charge in [0.05, 0.1) is 88.7 Å². The van der Waals surface area contributed by atoms with Gasteiger partial charge in [-0.3, -0.25) is 43.9 Å². The number of nitrogens with zero attached hydrogens (tertiary/aromatic N) is 3. The van der Waals surface area contributed by atoms with Crippen LogP contribution in [0.3, 0.4) is 0 Å². The predicted octanol–water partition coefficient (Wildman–Crippen LogP) is 3.22. The number of aromatic amines is 1. The van der Waals surface area contributed by atoms with E-state index in [2.05, 4.69) is 22.5 Å². The van der Waals surface area contributed by atoms with Crippen LogP contribution in [0.15, 0.2) is 30.5 Å². The maximum absolute atomic E-state index is 14.5. The largest absolute Gasteiger partial charge is 0.481 e. The zero-order valence-electron chi connectivity index (χ0n) is 43.0. The molecule has 2 aromatic rings. The number of hydrogen-bond donors (Lipinski definition) is 5. The van der Waals surface area contributed by atoms with Crippen molar-refractivity contribution in [3.05, 3.63) is 36.0 Å². The van der Waals surface area contributed by atoms with Gasteiger partial charge in [0.25, 0.3) is 0 Å². The topological polar surface area (TPSA) is 244 Å². The number of ether oxygens (including phenoxy) is 5. The van der Waals surface area contributed by atoms with Gasteiger partial charge in [0.2, 0.25) is 29.5 Å². The number of aromatic nitrogens is 1. The van der Waals surface area contributed by atoms with Gasteiger partial charge < -0.3 is 49.7 Å². The standard InChI is InChI=1S/C50H83N7O12/c1-12-33(6)45(56(9)44(32(4)5)50(64)54-49(63)43(31(2)3)55(8)21-23-68-25-27-69-26-24-67-22-19-42(59)60)40(65-10)29-41(58)57-20-15-18-39(57)46(66-11)34(7)48(62)53-38(47(51)61)28-35-30-52-37-17-14-13-16-36(35)37/h13-14,16-17,30-34,38-40,43-46,52H,12,15,18-29H2,1-11H3,(H2,51,61)(H,53,62)(H,59,60)(H,54,63,64)/t33-,34+,38-,39-,40+,43-,44-,45-,46+/m0/s1. The number of primary amides is 1. The maximum Gasteiger partial charge on any atom is 0.305 e. The second-order valence-electron chi connectivity index (χ2n) is 19.0. The summed E-state index contributed by atoms with van der Waals surface area (Å²) in [5, 5.41) is 15.2. The van der Waals surface area contributed by atoms with Crippen LogP contribution in [0.1, 0.15) is 86.1 Å². The number of likely N-dealkylation sites (N-methyl/N-ethyl adjacent to an activating group) is 2. The minimum Gasteiger partial charge on any atom is -0.481 e. The van der Waals surface area contributed by atoms with E-state index in [1.165, 1.54) is 7.11 Å². The Morgan fingerprint density at radius 3 is 2.04 bits per heavy atom. The Balaban J connectivity index is 1.66. The molecule has 19 heteroatoms. The van der Waals surface area contributed by atoms with Crippen LogP contribution in [-0.2, 0) is 58.9 Å². The zero-order chi connectivity index (χ0) is 51.4. The van der Waals surface area contributed by atoms with E-state index >= 15 is 0 Å². The quantitative estimate of drug-likeness (QED) is 0.0646. The molecule has 9 atom stereocenters. The Morgan fingerprint density at radius 1 is 0.855 bits per heavy atom. The lowest BCUT2D eigenvalue weighted by Gasteiger charge is -2.43. The molecule has 1 aliphatic heterocycles. The van der Waals surface area contributed by atoms with Gasteiger partial charge in [0.15, 0.2) is 0 Å². The zero-order valence-corrected chi connectivity index (χ0v) is 43.0. The summed E-state index contributed by atoms with van der Waals surface area (Å²) >= 11 is 0. The summed E-state index contributed by atoms with van der Waals surface area (Å²) in [4.78, 5) is 88.5. The Bertz CT molecular complexity index is 1930. The molecule has 3 rings (SSSR count). The summed E-state index contributed by atoms with van der Waals surface area (Å²) in [6.45, 7) is 16.1. The number of imide groups is 1. The van der Waals surface area contributed by atoms with E-state index in [0.29, 0.717) is 52.4 Å². The molecule has 0 unspecified atom stereocenters. The lowest BCUT2D eigenvalue weighted by atomic mass is 9.87. The molecule has 0 spiro atoms. The first-order valence-electron chi connectivity index (χ1n) is 24.5. The van der Waals surface area contributed by atoms with Crippen LogP contribution < -0.4 is 16.4 Å². The van der Waals surface area contributed by atoms with Crippen LogP contribution in [-0.4, -0.2) is 184 Å². The highest BCUT2D eigenvalue weighted by Crippen LogP contribution is 2.31. The third-order valence-electron chi connectivity index (χ3n) is 13.4. The van der Waals surface area contributed by atoms with Crippen molar-refractivity contribution in [3.8, 4) is 0 Å². The van der Waals surface area contributed by atoms with Crippen LogP contribution in [0.5, 0.6) is 0 Å². The van der Waals surface area contributed by atoms with Crippen LogP contribution in [0, 0.1) is 23.7 Å². The van der Waals surface area contributed by atoms with E-state index in [1.807, 2.05) is 89.0 Å². The molecule has 0 bridgehead atoms. The monoisotopic (exact) mass is 974 g/mol. The van der Waals surface area contributed by atoms with Crippen molar-refractivity contribution >= 4 is 46.4 Å². The maximum atomic E-state index is 14.5. The number of nitrogens with one attached hydrogen (secondary N) is 3. The predicted molar refractivity (Wildman–Crippen MR) is 262 cm³/mol. The molecule has 0 radical (unpaired) electrons. The summed E-state index contributed by atoms with van der Waals surface area (Å²) in [5.41, 5.74) is 7.56. The average Bonchev–Trinajstić information content (AvgIpc) is 3.95. The van der Waals surface area contributed by atoms with E-state index in [1.54, 1.807) is 18.9 Å². The van der Waals surface area contributed by atoms with Crippen molar-refractivity contribution in [3.63, 3.8) is 0 Å². The molecule has 1 aromatic heterocycles. The number of rotatable bonds is 33. The van der Waals surface area contributed by atoms with Crippen LogP contribution in [0.25, 0.3) is 10.9 Å². The second kappa shape index (κ2) is 29.6. The molecule has 0 aliphatic carbocycles.